The number of likely N-dealkylation sites (tertiary alicyclic amines) is 1. The van der Waals surface area contributed by atoms with Crippen molar-refractivity contribution >= 4 is 23.2 Å². The Morgan fingerprint density at radius 2 is 1.97 bits per heavy atom. The van der Waals surface area contributed by atoms with Gasteiger partial charge in [-0.2, -0.15) is 0 Å². The number of rotatable bonds is 4. The third kappa shape index (κ3) is 3.65. The van der Waals surface area contributed by atoms with E-state index in [9.17, 15) is 14.4 Å². The first-order valence-corrected chi connectivity index (χ1v) is 12.2. The highest BCUT2D eigenvalue weighted by Gasteiger charge is 2.53. The zero-order valence-electron chi connectivity index (χ0n) is 20.1. The summed E-state index contributed by atoms with van der Waals surface area (Å²) in [6, 6.07) is 5.37. The maximum Gasteiger partial charge on any atom is 0.274 e. The number of nitrogens with zero attached hydrogens (tertiary/aromatic N) is 3. The summed E-state index contributed by atoms with van der Waals surface area (Å²) in [6.07, 6.45) is 5.73. The van der Waals surface area contributed by atoms with Crippen molar-refractivity contribution in [2.75, 3.05) is 19.6 Å². The maximum absolute atomic E-state index is 13.1. The van der Waals surface area contributed by atoms with E-state index in [2.05, 4.69) is 24.1 Å². The largest absolute Gasteiger partial charge is 0.350 e. The summed E-state index contributed by atoms with van der Waals surface area (Å²) in [5.74, 6) is 1.90. The molecule has 0 unspecified atom stereocenters. The van der Waals surface area contributed by atoms with Crippen molar-refractivity contribution in [2.24, 2.45) is 28.6 Å². The standard InChI is InChI=1S/C26H34N4O3/c1-25(2)15-29(11-10-21(25)31)24(33)19-14-30-20(6-5-7-22(30)28-19)23(32)27-13-16-8-9-17-12-18(16)26(17,3)4/h5-7,14,16-18H,8-13,15H2,1-4H3,(H,27,32)/t16-,17-,18-/m0/s1. The SMILES string of the molecule is CC1(C)CN(C(=O)c2cn3c(C(=O)NC[C@@H]4CC[C@H]5C[C@@H]4C5(C)C)cccc3n2)CCC1=O. The van der Waals surface area contributed by atoms with E-state index < -0.39 is 5.41 Å². The molecule has 176 valence electrons. The average Bonchev–Trinajstić information content (AvgIpc) is 3.23. The molecule has 0 spiro atoms. The third-order valence-electron chi connectivity index (χ3n) is 8.71. The number of ketones is 1. The summed E-state index contributed by atoms with van der Waals surface area (Å²) in [4.78, 5) is 44.5. The smallest absolute Gasteiger partial charge is 0.274 e. The molecule has 0 aromatic carbocycles. The predicted octanol–water partition coefficient (Wildman–Crippen LogP) is 3.58. The van der Waals surface area contributed by atoms with Crippen LogP contribution in [0, 0.1) is 28.6 Å². The monoisotopic (exact) mass is 450 g/mol. The van der Waals surface area contributed by atoms with Crippen LogP contribution in [0.2, 0.25) is 0 Å². The van der Waals surface area contributed by atoms with E-state index in [1.807, 2.05) is 13.8 Å². The van der Waals surface area contributed by atoms with Crippen LogP contribution >= 0.6 is 0 Å². The number of carbonyl (C=O) groups is 3. The van der Waals surface area contributed by atoms with Crippen molar-refractivity contribution in [2.45, 2.75) is 53.4 Å². The first-order valence-electron chi connectivity index (χ1n) is 12.2. The molecule has 7 nitrogen and oxygen atoms in total. The molecule has 3 heterocycles. The molecule has 7 heteroatoms. The summed E-state index contributed by atoms with van der Waals surface area (Å²) in [6.45, 7) is 9.95. The van der Waals surface area contributed by atoms with Gasteiger partial charge >= 0.3 is 0 Å². The number of hydrogen-bond donors (Lipinski definition) is 1. The van der Waals surface area contributed by atoms with Crippen molar-refractivity contribution < 1.29 is 14.4 Å². The molecule has 3 aliphatic carbocycles. The topological polar surface area (TPSA) is 83.8 Å². The molecule has 6 rings (SSSR count). The fraction of sp³-hybridized carbons (Fsp3) is 0.615. The summed E-state index contributed by atoms with van der Waals surface area (Å²) >= 11 is 0. The molecule has 4 aliphatic rings. The molecule has 0 radical (unpaired) electrons. The summed E-state index contributed by atoms with van der Waals surface area (Å²) in [7, 11) is 0. The highest BCUT2D eigenvalue weighted by atomic mass is 16.2. The van der Waals surface area contributed by atoms with E-state index >= 15 is 0 Å². The second-order valence-corrected chi connectivity index (χ2v) is 11.5. The van der Waals surface area contributed by atoms with Gasteiger partial charge < -0.3 is 10.2 Å². The van der Waals surface area contributed by atoms with Gasteiger partial charge in [0.25, 0.3) is 11.8 Å². The molecule has 33 heavy (non-hydrogen) atoms. The molecule has 3 saturated carbocycles. The van der Waals surface area contributed by atoms with Crippen LogP contribution < -0.4 is 5.32 Å². The van der Waals surface area contributed by atoms with Gasteiger partial charge in [0, 0.05) is 37.7 Å². The minimum atomic E-state index is -0.549. The van der Waals surface area contributed by atoms with Crippen LogP contribution in [0.1, 0.15) is 74.4 Å². The Balaban J connectivity index is 1.31. The van der Waals surface area contributed by atoms with E-state index in [1.54, 1.807) is 33.7 Å². The molecule has 2 amide bonds. The van der Waals surface area contributed by atoms with Crippen molar-refractivity contribution in [3.8, 4) is 0 Å². The van der Waals surface area contributed by atoms with E-state index in [-0.39, 0.29) is 17.6 Å². The fourth-order valence-corrected chi connectivity index (χ4v) is 6.37. The van der Waals surface area contributed by atoms with Gasteiger partial charge in [0.15, 0.2) is 0 Å². The van der Waals surface area contributed by atoms with E-state index in [0.29, 0.717) is 60.3 Å². The predicted molar refractivity (Wildman–Crippen MR) is 125 cm³/mol. The minimum Gasteiger partial charge on any atom is -0.350 e. The number of pyridine rings is 1. The van der Waals surface area contributed by atoms with Crippen LogP contribution in [0.3, 0.4) is 0 Å². The lowest BCUT2D eigenvalue weighted by molar-refractivity contribution is -0.130. The van der Waals surface area contributed by atoms with Gasteiger partial charge in [-0.3, -0.25) is 18.8 Å². The van der Waals surface area contributed by atoms with Gasteiger partial charge in [0.1, 0.15) is 22.8 Å². The molecule has 4 fully saturated rings. The van der Waals surface area contributed by atoms with Crippen LogP contribution in [0.15, 0.2) is 24.4 Å². The molecule has 1 N–H and O–H groups in total. The molecular weight excluding hydrogens is 416 g/mol. The number of imidazole rings is 1. The summed E-state index contributed by atoms with van der Waals surface area (Å²) in [5.41, 5.74) is 1.19. The van der Waals surface area contributed by atoms with Crippen molar-refractivity contribution in [1.29, 1.82) is 0 Å². The Hall–Kier alpha value is -2.70. The molecule has 1 aliphatic heterocycles. The van der Waals surface area contributed by atoms with Crippen LogP contribution in [-0.4, -0.2) is 51.5 Å². The van der Waals surface area contributed by atoms with Gasteiger partial charge in [-0.25, -0.2) is 4.98 Å². The lowest BCUT2D eigenvalue weighted by atomic mass is 9.45. The summed E-state index contributed by atoms with van der Waals surface area (Å²) < 4.78 is 1.70. The van der Waals surface area contributed by atoms with Crippen LogP contribution in [-0.2, 0) is 4.79 Å². The van der Waals surface area contributed by atoms with E-state index in [4.69, 9.17) is 0 Å². The Bertz CT molecular complexity index is 1130. The first-order chi connectivity index (χ1) is 15.6. The number of aromatic nitrogens is 2. The Morgan fingerprint density at radius 1 is 1.18 bits per heavy atom. The number of fused-ring (bicyclic) bond motifs is 3. The number of amides is 2. The van der Waals surface area contributed by atoms with Crippen LogP contribution in [0.5, 0.6) is 0 Å². The molecule has 1 saturated heterocycles. The zero-order chi connectivity index (χ0) is 23.5. The van der Waals surface area contributed by atoms with Crippen molar-refractivity contribution in [3.05, 3.63) is 35.8 Å². The average molecular weight is 451 g/mol. The van der Waals surface area contributed by atoms with Crippen molar-refractivity contribution in [1.82, 2.24) is 19.6 Å². The quantitative estimate of drug-likeness (QED) is 0.772. The fourth-order valence-electron chi connectivity index (χ4n) is 6.37. The Morgan fingerprint density at radius 3 is 2.67 bits per heavy atom. The zero-order valence-corrected chi connectivity index (χ0v) is 20.1. The first kappa shape index (κ1) is 22.1. The second kappa shape index (κ2) is 7.67. The maximum atomic E-state index is 13.1. The van der Waals surface area contributed by atoms with Crippen LogP contribution in [0.4, 0.5) is 0 Å². The van der Waals surface area contributed by atoms with Gasteiger partial charge in [-0.05, 0) is 54.6 Å². The third-order valence-corrected chi connectivity index (χ3v) is 8.71. The molecular formula is C26H34N4O3. The van der Waals surface area contributed by atoms with Crippen molar-refractivity contribution in [3.63, 3.8) is 0 Å². The van der Waals surface area contributed by atoms with Crippen LogP contribution in [0.25, 0.3) is 5.65 Å². The van der Waals surface area contributed by atoms with Gasteiger partial charge in [0.2, 0.25) is 0 Å². The second-order valence-electron chi connectivity index (χ2n) is 11.5. The minimum absolute atomic E-state index is 0.138. The van der Waals surface area contributed by atoms with Gasteiger partial charge in [-0.15, -0.1) is 0 Å². The molecule has 2 aromatic rings. The number of nitrogens with one attached hydrogen (secondary N) is 1. The number of piperidine rings is 1. The molecule has 3 atom stereocenters. The van der Waals surface area contributed by atoms with Gasteiger partial charge in [0.05, 0.1) is 0 Å². The lowest BCUT2D eigenvalue weighted by Crippen LogP contribution is -2.54. The van der Waals surface area contributed by atoms with E-state index in [1.165, 1.54) is 19.3 Å². The highest BCUT2D eigenvalue weighted by Crippen LogP contribution is 2.61. The normalized spacial score (nSPS) is 27.8. The highest BCUT2D eigenvalue weighted by molar-refractivity contribution is 5.97. The number of Topliss-reactive ketones (excluding diaryl/α,β-unsaturated/α-hetero) is 1. The Labute approximate surface area is 194 Å². The number of hydrogen-bond acceptors (Lipinski definition) is 4. The lowest BCUT2D eigenvalue weighted by Gasteiger charge is -2.60. The molecule has 2 bridgehead atoms. The van der Waals surface area contributed by atoms with Gasteiger partial charge in [-0.1, -0.05) is 33.8 Å². The Kier molecular flexibility index (Phi) is 5.14. The number of carbonyl (C=O) groups excluding carboxylic acids is 3. The van der Waals surface area contributed by atoms with E-state index in [0.717, 1.165) is 5.92 Å². The molecule has 2 aromatic heterocycles. The summed E-state index contributed by atoms with van der Waals surface area (Å²) in [5, 5.41) is 3.15.